The Morgan fingerprint density at radius 1 is 1.06 bits per heavy atom. The van der Waals surface area contributed by atoms with E-state index in [2.05, 4.69) is 27.2 Å². The molecule has 6 nitrogen and oxygen atoms in total. The summed E-state index contributed by atoms with van der Waals surface area (Å²) in [5.74, 6) is 1.11. The first kappa shape index (κ1) is 22.1. The van der Waals surface area contributed by atoms with E-state index >= 15 is 0 Å². The Labute approximate surface area is 198 Å². The lowest BCUT2D eigenvalue weighted by atomic mass is 10.1. The summed E-state index contributed by atoms with van der Waals surface area (Å²) in [5.41, 5.74) is 4.03. The average Bonchev–Trinajstić information content (AvgIpc) is 3.58. The Bertz CT molecular complexity index is 1300. The average molecular weight is 483 g/mol. The number of furan rings is 1. The number of nitrogens with one attached hydrogen (secondary N) is 1. The molecule has 5 rings (SSSR count). The van der Waals surface area contributed by atoms with Gasteiger partial charge >= 0.3 is 6.61 Å². The molecule has 0 atom stereocenters. The van der Waals surface area contributed by atoms with Crippen molar-refractivity contribution in [1.29, 1.82) is 0 Å². The molecule has 0 unspecified atom stereocenters. The molecule has 1 N–H and O–H groups in total. The van der Waals surface area contributed by atoms with Crippen molar-refractivity contribution >= 4 is 22.4 Å². The first-order valence-corrected chi connectivity index (χ1v) is 11.6. The highest BCUT2D eigenvalue weighted by Crippen LogP contribution is 2.28. The van der Waals surface area contributed by atoms with Gasteiger partial charge in [-0.2, -0.15) is 8.78 Å². The van der Waals surface area contributed by atoms with Gasteiger partial charge in [-0.05, 0) is 78.9 Å². The zero-order valence-corrected chi connectivity index (χ0v) is 18.7. The van der Waals surface area contributed by atoms with E-state index in [1.54, 1.807) is 29.6 Å². The van der Waals surface area contributed by atoms with Gasteiger partial charge in [0, 0.05) is 10.9 Å². The minimum atomic E-state index is -2.88. The number of aromatic nitrogens is 1. The second kappa shape index (κ2) is 9.64. The Kier molecular flexibility index (Phi) is 6.27. The molecule has 2 aromatic carbocycles. The predicted octanol–water partition coefficient (Wildman–Crippen LogP) is 6.32. The number of ether oxygens (including phenoxy) is 2. The van der Waals surface area contributed by atoms with Gasteiger partial charge in [-0.1, -0.05) is 6.07 Å². The molecule has 0 fully saturated rings. The monoisotopic (exact) mass is 482 g/mol. The Morgan fingerprint density at radius 3 is 2.68 bits per heavy atom. The molecule has 9 heteroatoms. The van der Waals surface area contributed by atoms with Crippen LogP contribution in [0.25, 0.3) is 11.3 Å². The first-order chi connectivity index (χ1) is 16.5. The van der Waals surface area contributed by atoms with Crippen molar-refractivity contribution in [2.75, 3.05) is 5.32 Å². The minimum absolute atomic E-state index is 0.0660. The van der Waals surface area contributed by atoms with Crippen LogP contribution in [0.2, 0.25) is 0 Å². The van der Waals surface area contributed by atoms with Crippen LogP contribution < -0.4 is 14.8 Å². The fourth-order valence-electron chi connectivity index (χ4n) is 3.80. The largest absolute Gasteiger partial charge is 0.486 e. The highest BCUT2D eigenvalue weighted by molar-refractivity contribution is 7.14. The van der Waals surface area contributed by atoms with Gasteiger partial charge in [0.25, 0.3) is 5.91 Å². The number of rotatable bonds is 8. The van der Waals surface area contributed by atoms with Crippen molar-refractivity contribution in [2.24, 2.45) is 0 Å². The Morgan fingerprint density at radius 2 is 1.85 bits per heavy atom. The highest BCUT2D eigenvalue weighted by atomic mass is 32.1. The highest BCUT2D eigenvalue weighted by Gasteiger charge is 2.15. The third-order valence-electron chi connectivity index (χ3n) is 5.44. The molecule has 0 aliphatic heterocycles. The van der Waals surface area contributed by atoms with E-state index in [9.17, 15) is 13.6 Å². The number of alkyl halides is 2. The maximum atomic E-state index is 12.6. The molecule has 2 heterocycles. The number of carbonyl (C=O) groups is 1. The Hall–Kier alpha value is -3.72. The lowest BCUT2D eigenvalue weighted by Gasteiger charge is -2.06. The summed E-state index contributed by atoms with van der Waals surface area (Å²) in [7, 11) is 0. The number of halogens is 2. The molecule has 0 radical (unpaired) electrons. The molecule has 1 amide bonds. The predicted molar refractivity (Wildman–Crippen MR) is 124 cm³/mol. The molecule has 0 saturated heterocycles. The van der Waals surface area contributed by atoms with Gasteiger partial charge in [0.05, 0.1) is 5.69 Å². The number of hydrogen-bond donors (Lipinski definition) is 1. The summed E-state index contributed by atoms with van der Waals surface area (Å²) < 4.78 is 40.4. The topological polar surface area (TPSA) is 73.6 Å². The molecule has 4 aromatic rings. The normalized spacial score (nSPS) is 12.6. The van der Waals surface area contributed by atoms with Crippen LogP contribution in [-0.2, 0) is 19.4 Å². The van der Waals surface area contributed by atoms with Crippen LogP contribution in [0.15, 0.2) is 64.4 Å². The summed E-state index contributed by atoms with van der Waals surface area (Å²) >= 11 is 1.25. The van der Waals surface area contributed by atoms with Gasteiger partial charge in [-0.15, -0.1) is 11.3 Å². The van der Waals surface area contributed by atoms with Crippen molar-refractivity contribution in [1.82, 2.24) is 4.98 Å². The number of fused-ring (bicyclic) bond motifs is 1. The van der Waals surface area contributed by atoms with Crippen LogP contribution in [0, 0.1) is 0 Å². The van der Waals surface area contributed by atoms with E-state index in [0.717, 1.165) is 18.6 Å². The second-order valence-corrected chi connectivity index (χ2v) is 8.59. The number of aryl methyl sites for hydroxylation is 2. The fourth-order valence-corrected chi connectivity index (χ4v) is 4.51. The quantitative estimate of drug-likeness (QED) is 0.318. The van der Waals surface area contributed by atoms with Crippen LogP contribution >= 0.6 is 11.3 Å². The summed E-state index contributed by atoms with van der Waals surface area (Å²) in [5, 5.41) is 4.86. The van der Waals surface area contributed by atoms with Gasteiger partial charge in [0.15, 0.2) is 10.9 Å². The standard InChI is InChI=1S/C25H20F2N2O4S/c26-24(27)33-18-7-5-16(6-8-18)21-14-34-25(28-21)29-23(30)22-11-10-20(32-22)13-31-19-9-4-15-2-1-3-17(15)12-19/h4-12,14,24H,1-3,13H2,(H,28,29,30). The molecule has 1 aliphatic carbocycles. The SMILES string of the molecule is O=C(Nc1nc(-c2ccc(OC(F)F)cc2)cs1)c1ccc(COc2ccc3c(c2)CCC3)o1. The third-order valence-corrected chi connectivity index (χ3v) is 6.19. The van der Waals surface area contributed by atoms with Gasteiger partial charge in [-0.3, -0.25) is 10.1 Å². The molecule has 0 saturated carbocycles. The van der Waals surface area contributed by atoms with Gasteiger partial charge in [-0.25, -0.2) is 4.98 Å². The zero-order chi connectivity index (χ0) is 23.5. The van der Waals surface area contributed by atoms with Gasteiger partial charge in [0.1, 0.15) is 23.9 Å². The zero-order valence-electron chi connectivity index (χ0n) is 17.9. The molecule has 2 aromatic heterocycles. The van der Waals surface area contributed by atoms with Crippen LogP contribution in [-0.4, -0.2) is 17.5 Å². The minimum Gasteiger partial charge on any atom is -0.486 e. The first-order valence-electron chi connectivity index (χ1n) is 10.7. The number of hydrogen-bond acceptors (Lipinski definition) is 6. The molecule has 0 bridgehead atoms. The maximum Gasteiger partial charge on any atom is 0.387 e. The van der Waals surface area contributed by atoms with E-state index in [1.165, 1.54) is 41.0 Å². The number of benzene rings is 2. The van der Waals surface area contributed by atoms with E-state index in [0.29, 0.717) is 22.1 Å². The molecule has 174 valence electrons. The summed E-state index contributed by atoms with van der Waals surface area (Å²) in [6, 6.07) is 15.6. The molecule has 1 aliphatic rings. The van der Waals surface area contributed by atoms with Crippen LogP contribution in [0.5, 0.6) is 11.5 Å². The van der Waals surface area contributed by atoms with E-state index in [4.69, 9.17) is 9.15 Å². The van der Waals surface area contributed by atoms with E-state index in [1.807, 2.05) is 6.07 Å². The van der Waals surface area contributed by atoms with Crippen molar-refractivity contribution in [3.05, 3.63) is 82.6 Å². The van der Waals surface area contributed by atoms with E-state index < -0.39 is 12.5 Å². The number of amides is 1. The van der Waals surface area contributed by atoms with Crippen molar-refractivity contribution in [3.63, 3.8) is 0 Å². The van der Waals surface area contributed by atoms with Crippen LogP contribution in [0.1, 0.15) is 33.9 Å². The number of carbonyl (C=O) groups excluding carboxylic acids is 1. The summed E-state index contributed by atoms with van der Waals surface area (Å²) in [6.45, 7) is -2.65. The van der Waals surface area contributed by atoms with Crippen molar-refractivity contribution in [3.8, 4) is 22.8 Å². The lowest BCUT2D eigenvalue weighted by molar-refractivity contribution is -0.0498. The second-order valence-electron chi connectivity index (χ2n) is 7.73. The fraction of sp³-hybridized carbons (Fsp3) is 0.200. The van der Waals surface area contributed by atoms with Crippen LogP contribution in [0.4, 0.5) is 13.9 Å². The van der Waals surface area contributed by atoms with Crippen molar-refractivity contribution in [2.45, 2.75) is 32.5 Å². The van der Waals surface area contributed by atoms with Gasteiger partial charge < -0.3 is 13.9 Å². The molecular formula is C25H20F2N2O4S. The Balaban J connectivity index is 1.17. The van der Waals surface area contributed by atoms with Crippen molar-refractivity contribution < 1.29 is 27.5 Å². The maximum absolute atomic E-state index is 12.6. The third kappa shape index (κ3) is 5.09. The molecule has 34 heavy (non-hydrogen) atoms. The lowest BCUT2D eigenvalue weighted by Crippen LogP contribution is -2.10. The molecule has 0 spiro atoms. The van der Waals surface area contributed by atoms with Crippen LogP contribution in [0.3, 0.4) is 0 Å². The van der Waals surface area contributed by atoms with Gasteiger partial charge in [0.2, 0.25) is 0 Å². The number of nitrogens with zero attached hydrogens (tertiary/aromatic N) is 1. The summed E-state index contributed by atoms with van der Waals surface area (Å²) in [4.78, 5) is 16.9. The smallest absolute Gasteiger partial charge is 0.387 e. The van der Waals surface area contributed by atoms with E-state index in [-0.39, 0.29) is 18.1 Å². The molecular weight excluding hydrogens is 462 g/mol. The number of anilines is 1. The summed E-state index contributed by atoms with van der Waals surface area (Å²) in [6.07, 6.45) is 3.38. The number of thiazole rings is 1.